The van der Waals surface area contributed by atoms with Gasteiger partial charge in [-0.05, 0) is 0 Å². The molecule has 4 N–H and O–H groups in total. The number of rotatable bonds is 3. The molecule has 3 heteroatoms. The molecule has 0 aromatic rings. The van der Waals surface area contributed by atoms with Gasteiger partial charge in [-0.2, -0.15) is 0 Å². The fourth-order valence-corrected chi connectivity index (χ4v) is 0.216. The van der Waals surface area contributed by atoms with E-state index in [1.165, 1.54) is 6.20 Å². The lowest BCUT2D eigenvalue weighted by Gasteiger charge is -1.90. The molecule has 0 saturated heterocycles. The average Bonchev–Trinajstić information content (AvgIpc) is 1.69. The van der Waals surface area contributed by atoms with E-state index in [1.807, 2.05) is 0 Å². The Hall–Kier alpha value is -0.700. The highest BCUT2D eigenvalue weighted by molar-refractivity contribution is 4.71. The number of hydrogen-bond donors (Lipinski definition) is 3. The molecular formula is C4H10N2O. The summed E-state index contributed by atoms with van der Waals surface area (Å²) in [6.07, 6.45) is 2.96. The van der Waals surface area contributed by atoms with Crippen LogP contribution in [0.3, 0.4) is 0 Å². The molecule has 0 aromatic carbocycles. The number of aliphatic hydroxyl groups is 1. The molecule has 0 aliphatic rings. The first-order valence-corrected chi connectivity index (χ1v) is 2.13. The zero-order valence-electron chi connectivity index (χ0n) is 4.09. The second-order valence-corrected chi connectivity index (χ2v) is 1.04. The zero-order chi connectivity index (χ0) is 5.54. The van der Waals surface area contributed by atoms with Crippen LogP contribution in [-0.2, 0) is 0 Å². The predicted molar refractivity (Wildman–Crippen MR) is 28.4 cm³/mol. The van der Waals surface area contributed by atoms with Crippen LogP contribution >= 0.6 is 0 Å². The lowest BCUT2D eigenvalue weighted by Crippen LogP contribution is -2.10. The van der Waals surface area contributed by atoms with Crippen molar-refractivity contribution in [3.8, 4) is 0 Å². The summed E-state index contributed by atoms with van der Waals surface area (Å²) in [5, 5.41) is 10.9. The van der Waals surface area contributed by atoms with E-state index in [4.69, 9.17) is 10.8 Å². The highest BCUT2D eigenvalue weighted by Gasteiger charge is 1.69. The third-order valence-corrected chi connectivity index (χ3v) is 0.470. The van der Waals surface area contributed by atoms with Crippen molar-refractivity contribution in [3.63, 3.8) is 0 Å². The maximum Gasteiger partial charge on any atom is 0.0603 e. The van der Waals surface area contributed by atoms with Gasteiger partial charge in [0.25, 0.3) is 0 Å². The molecule has 0 saturated carbocycles. The minimum atomic E-state index is 0.143. The number of nitrogens with one attached hydrogen (secondary N) is 1. The third kappa shape index (κ3) is 5.30. The monoisotopic (exact) mass is 102 g/mol. The van der Waals surface area contributed by atoms with Gasteiger partial charge in [-0.15, -0.1) is 0 Å². The van der Waals surface area contributed by atoms with E-state index in [2.05, 4.69) is 5.32 Å². The topological polar surface area (TPSA) is 58.3 Å². The predicted octanol–water partition coefficient (Wildman–Crippen LogP) is -1.00. The van der Waals surface area contributed by atoms with Crippen LogP contribution in [0.5, 0.6) is 0 Å². The van der Waals surface area contributed by atoms with Gasteiger partial charge in [0.05, 0.1) is 6.61 Å². The molecule has 3 nitrogen and oxygen atoms in total. The lowest BCUT2D eigenvalue weighted by atomic mass is 10.7. The smallest absolute Gasteiger partial charge is 0.0603 e. The molecule has 0 fully saturated rings. The van der Waals surface area contributed by atoms with Crippen LogP contribution in [-0.4, -0.2) is 18.3 Å². The SMILES string of the molecule is NC=CNCCO. The van der Waals surface area contributed by atoms with E-state index >= 15 is 0 Å². The first-order valence-electron chi connectivity index (χ1n) is 2.13. The fourth-order valence-electron chi connectivity index (χ4n) is 0.216. The van der Waals surface area contributed by atoms with E-state index in [0.717, 1.165) is 0 Å². The van der Waals surface area contributed by atoms with Gasteiger partial charge < -0.3 is 16.2 Å². The van der Waals surface area contributed by atoms with Crippen LogP contribution in [0.25, 0.3) is 0 Å². The maximum absolute atomic E-state index is 8.16. The van der Waals surface area contributed by atoms with Gasteiger partial charge >= 0.3 is 0 Å². The van der Waals surface area contributed by atoms with E-state index in [-0.39, 0.29) is 6.61 Å². The number of hydrogen-bond acceptors (Lipinski definition) is 3. The van der Waals surface area contributed by atoms with Gasteiger partial charge in [0, 0.05) is 18.9 Å². The summed E-state index contributed by atoms with van der Waals surface area (Å²) in [5.74, 6) is 0. The normalized spacial score (nSPS) is 9.86. The standard InChI is InChI=1S/C4H10N2O/c5-1-2-6-3-4-7/h1-2,6-7H,3-5H2. The number of aliphatic hydroxyl groups excluding tert-OH is 1. The van der Waals surface area contributed by atoms with Crippen molar-refractivity contribution in [1.29, 1.82) is 0 Å². The van der Waals surface area contributed by atoms with E-state index in [0.29, 0.717) is 6.54 Å². The fraction of sp³-hybridized carbons (Fsp3) is 0.500. The second kappa shape index (κ2) is 5.30. The molecule has 0 aliphatic carbocycles. The molecule has 0 radical (unpaired) electrons. The Labute approximate surface area is 42.8 Å². The molecule has 0 atom stereocenters. The molecule has 0 amide bonds. The molecule has 0 rings (SSSR count). The van der Waals surface area contributed by atoms with Gasteiger partial charge in [-0.3, -0.25) is 0 Å². The molecule has 0 bridgehead atoms. The molecule has 42 valence electrons. The van der Waals surface area contributed by atoms with Gasteiger partial charge in [0.1, 0.15) is 0 Å². The summed E-state index contributed by atoms with van der Waals surface area (Å²) in [5.41, 5.74) is 4.94. The Balaban J connectivity index is 2.69. The molecular weight excluding hydrogens is 92.1 g/mol. The summed E-state index contributed by atoms with van der Waals surface area (Å²) in [6.45, 7) is 0.706. The van der Waals surface area contributed by atoms with Crippen molar-refractivity contribution < 1.29 is 5.11 Å². The van der Waals surface area contributed by atoms with E-state index in [9.17, 15) is 0 Å². The highest BCUT2D eigenvalue weighted by atomic mass is 16.3. The van der Waals surface area contributed by atoms with Crippen LogP contribution in [0.2, 0.25) is 0 Å². The summed E-state index contributed by atoms with van der Waals surface area (Å²) < 4.78 is 0. The third-order valence-electron chi connectivity index (χ3n) is 0.470. The van der Waals surface area contributed by atoms with Gasteiger partial charge in [0.2, 0.25) is 0 Å². The first kappa shape index (κ1) is 6.30. The summed E-state index contributed by atoms with van der Waals surface area (Å²) >= 11 is 0. The second-order valence-electron chi connectivity index (χ2n) is 1.04. The molecule has 0 spiro atoms. The Morgan fingerprint density at radius 2 is 2.43 bits per heavy atom. The molecule has 0 aliphatic heterocycles. The summed E-state index contributed by atoms with van der Waals surface area (Å²) in [6, 6.07) is 0. The van der Waals surface area contributed by atoms with Crippen LogP contribution < -0.4 is 11.1 Å². The Morgan fingerprint density at radius 3 is 2.86 bits per heavy atom. The van der Waals surface area contributed by atoms with Crippen molar-refractivity contribution >= 4 is 0 Å². The van der Waals surface area contributed by atoms with Crippen molar-refractivity contribution in [3.05, 3.63) is 12.4 Å². The van der Waals surface area contributed by atoms with Crippen LogP contribution in [0.4, 0.5) is 0 Å². The Kier molecular flexibility index (Phi) is 4.77. The van der Waals surface area contributed by atoms with E-state index < -0.39 is 0 Å². The zero-order valence-corrected chi connectivity index (χ0v) is 4.09. The average molecular weight is 102 g/mol. The van der Waals surface area contributed by atoms with E-state index in [1.54, 1.807) is 6.20 Å². The minimum absolute atomic E-state index is 0.143. The molecule has 0 aromatic heterocycles. The summed E-state index contributed by atoms with van der Waals surface area (Å²) in [7, 11) is 0. The molecule has 0 unspecified atom stereocenters. The molecule has 0 heterocycles. The van der Waals surface area contributed by atoms with Gasteiger partial charge in [-0.1, -0.05) is 0 Å². The maximum atomic E-state index is 8.16. The van der Waals surface area contributed by atoms with Gasteiger partial charge in [0.15, 0.2) is 0 Å². The quantitative estimate of drug-likeness (QED) is 0.400. The van der Waals surface area contributed by atoms with Crippen molar-refractivity contribution in [1.82, 2.24) is 5.32 Å². The van der Waals surface area contributed by atoms with Crippen LogP contribution in [0.15, 0.2) is 12.4 Å². The van der Waals surface area contributed by atoms with Crippen molar-refractivity contribution in [2.45, 2.75) is 0 Å². The Morgan fingerprint density at radius 1 is 1.71 bits per heavy atom. The van der Waals surface area contributed by atoms with Crippen molar-refractivity contribution in [2.75, 3.05) is 13.2 Å². The largest absolute Gasteiger partial charge is 0.403 e. The molecule has 7 heavy (non-hydrogen) atoms. The van der Waals surface area contributed by atoms with Crippen LogP contribution in [0.1, 0.15) is 0 Å². The summed E-state index contributed by atoms with van der Waals surface area (Å²) in [4.78, 5) is 0. The highest BCUT2D eigenvalue weighted by Crippen LogP contribution is 1.54. The number of nitrogens with two attached hydrogens (primary N) is 1. The first-order chi connectivity index (χ1) is 3.41. The Bertz CT molecular complexity index is 53.7. The lowest BCUT2D eigenvalue weighted by molar-refractivity contribution is 0.298. The van der Waals surface area contributed by atoms with Crippen molar-refractivity contribution in [2.24, 2.45) is 5.73 Å². The van der Waals surface area contributed by atoms with Gasteiger partial charge in [-0.25, -0.2) is 0 Å². The van der Waals surface area contributed by atoms with Crippen LogP contribution in [0, 0.1) is 0 Å². The minimum Gasteiger partial charge on any atom is -0.403 e.